The zero-order chi connectivity index (χ0) is 85.5. The third kappa shape index (κ3) is 36.7. The van der Waals surface area contributed by atoms with Gasteiger partial charge in [-0.2, -0.15) is 38.4 Å². The summed E-state index contributed by atoms with van der Waals surface area (Å²) in [6.45, 7) is 20.3. The molecule has 0 N–H and O–H groups in total. The molecule has 4 aromatic heterocycles. The number of alkyl halides is 2. The summed E-state index contributed by atoms with van der Waals surface area (Å²) in [5.74, 6) is -4.20. The second-order valence-electron chi connectivity index (χ2n) is 20.7. The average Bonchev–Trinajstić information content (AvgIpc) is 0.752. The number of aromatic nitrogens is 3. The quantitative estimate of drug-likeness (QED) is 0.0104. The van der Waals surface area contributed by atoms with Gasteiger partial charge in [-0.1, -0.05) is 74.1 Å². The molecule has 41 heteroatoms. The van der Waals surface area contributed by atoms with Gasteiger partial charge in [-0.25, -0.2) is 19.2 Å². The summed E-state index contributed by atoms with van der Waals surface area (Å²) < 4.78 is 49.5. The van der Waals surface area contributed by atoms with Crippen LogP contribution in [0.4, 0.5) is 0 Å². The first-order chi connectivity index (χ1) is 52.1. The van der Waals surface area contributed by atoms with E-state index >= 15 is 0 Å². The monoisotopic (exact) mass is 1670 g/mol. The van der Waals surface area contributed by atoms with Crippen molar-refractivity contribution >= 4 is 148 Å². The number of fused-ring (bicyclic) bond motifs is 2. The van der Waals surface area contributed by atoms with Crippen LogP contribution in [0.3, 0.4) is 0 Å². The molecule has 2 aliphatic rings. The van der Waals surface area contributed by atoms with E-state index in [1.807, 2.05) is 27.7 Å². The topological polar surface area (TPSA) is 467 Å². The van der Waals surface area contributed by atoms with E-state index in [-0.39, 0.29) is 148 Å². The SMILES string of the molecule is CCOC(=O)/C(=C\N(C)C)C(=O)CCl.CCOC(=O)CC(=O)CCl.CCOC(=O)c1cn(CC(OC)OC)c(CC)c(Cl)c1=O.CCOC(=O)c1cn(CC=O)c(CC)c(Cl)c1=O.CCOC(=O)c1coc(CC)c(Cl)c1=O.CCc1cn2c(c(Cl)c1=O)C(=O)N1[C@H](C)CCO[C@H]1C2.O=C=O.O=C=O.O=C=O.O=C=O. The van der Waals surface area contributed by atoms with Gasteiger partial charge in [-0.3, -0.25) is 38.4 Å². The summed E-state index contributed by atoms with van der Waals surface area (Å²) in [5, 5.41) is -0.0347. The number of nitrogens with zero attached hydrogens (tertiary/aromatic N) is 5. The van der Waals surface area contributed by atoms with E-state index in [2.05, 4.69) is 9.47 Å². The lowest BCUT2D eigenvalue weighted by molar-refractivity contribution is -0.193. The Morgan fingerprint density at radius 1 is 0.591 bits per heavy atom. The molecule has 35 nitrogen and oxygen atoms in total. The highest BCUT2D eigenvalue weighted by atomic mass is 35.5. The minimum atomic E-state index is -0.730. The molecule has 1 fully saturated rings. The van der Waals surface area contributed by atoms with Crippen molar-refractivity contribution in [1.29, 1.82) is 0 Å². The van der Waals surface area contributed by atoms with Crippen molar-refractivity contribution in [2.75, 3.05) is 79.7 Å². The van der Waals surface area contributed by atoms with Gasteiger partial charge >= 0.3 is 54.5 Å². The Morgan fingerprint density at radius 2 is 1.04 bits per heavy atom. The van der Waals surface area contributed by atoms with Crippen molar-refractivity contribution in [3.63, 3.8) is 0 Å². The number of carbonyl (C=O) groups is 9. The Morgan fingerprint density at radius 3 is 1.44 bits per heavy atom. The number of methoxy groups -OCH3 is 2. The molecule has 6 rings (SSSR count). The van der Waals surface area contributed by atoms with Gasteiger partial charge in [-0.05, 0) is 67.2 Å². The van der Waals surface area contributed by atoms with Crippen LogP contribution in [0.25, 0.3) is 0 Å². The first-order valence-electron chi connectivity index (χ1n) is 32.5. The Kier molecular flexibility index (Phi) is 59.3. The largest absolute Gasteiger partial charge is 0.467 e. The molecule has 0 radical (unpaired) electrons. The number of aryl methyl sites for hydroxylation is 2. The molecule has 2 aliphatic heterocycles. The van der Waals surface area contributed by atoms with Crippen molar-refractivity contribution in [2.24, 2.45) is 0 Å². The van der Waals surface area contributed by atoms with E-state index in [4.69, 9.17) is 141 Å². The number of aldehydes is 1. The van der Waals surface area contributed by atoms with E-state index < -0.39 is 58.2 Å². The number of amides is 1. The van der Waals surface area contributed by atoms with Gasteiger partial charge < -0.3 is 70.6 Å². The predicted octanol–water partition coefficient (Wildman–Crippen LogP) is 6.20. The normalized spacial score (nSPS) is 12.2. The number of carbonyl (C=O) groups excluding carboxylic acids is 17. The van der Waals surface area contributed by atoms with E-state index in [0.717, 1.165) is 12.7 Å². The van der Waals surface area contributed by atoms with Crippen LogP contribution < -0.4 is 21.7 Å². The lowest BCUT2D eigenvalue weighted by Crippen LogP contribution is -2.57. The summed E-state index contributed by atoms with van der Waals surface area (Å²) >= 11 is 34.4. The smallest absolute Gasteiger partial charge is 0.373 e. The standard InChI is InChI=1S/C14H17ClN2O3.C14H20ClNO5.C12H14ClNO4.C10H11ClO4.C9H14ClNO3.C6H9ClO3.4CO2/c1-3-9-6-16-7-10-17(8(2)4-5-20-10)14(19)12(16)11(15)13(9)18;1-5-10-12(15)13(17)9(14(18)21-6-2)7-16(10)8-11(19-3)20-4;1-3-9-10(13)11(16)8(12(17)18-4-2)7-14(9)5-6-15;1-3-7-8(11)9(12)6(5-15-7)10(13)14-4-2;1-4-14-9(13)7(6-11(2)3)8(12)5-10;1-2-10-6(9)3-5(8)4-7;4*2-1-3/h6,8,10H,3-5,7H2,1-2H3;7,11H,5-6,8H2,1-4H3;6-7H,3-5H2,1-2H3;5H,3-4H2,1-2H3;6H,4-5H2,1-3H3;2-4H2,1H3;;;;/b;;;;7-6-;;;;;/t8-,10+;;;;;;;;;/m1........./s1. The van der Waals surface area contributed by atoms with E-state index in [1.54, 1.807) is 80.8 Å². The molecule has 0 aromatic carbocycles. The summed E-state index contributed by atoms with van der Waals surface area (Å²) in [6.07, 6.45) is 10.6. The van der Waals surface area contributed by atoms with Gasteiger partial charge in [0, 0.05) is 82.5 Å². The fourth-order valence-corrected chi connectivity index (χ4v) is 10.3. The maximum atomic E-state index is 12.6. The molecular formula is C69H85Cl6N5O30. The molecule has 608 valence electrons. The second kappa shape index (κ2) is 61.1. The van der Waals surface area contributed by atoms with Crippen LogP contribution in [-0.4, -0.2) is 200 Å². The molecule has 4 aromatic rings. The molecule has 0 saturated carbocycles. The number of hydrogen-bond acceptors (Lipinski definition) is 31. The molecule has 1 amide bonds. The molecule has 6 heterocycles. The van der Waals surface area contributed by atoms with Gasteiger partial charge in [-0.15, -0.1) is 23.2 Å². The summed E-state index contributed by atoms with van der Waals surface area (Å²) in [7, 11) is 6.44. The maximum Gasteiger partial charge on any atom is 0.373 e. The fraction of sp³-hybridized carbons (Fsp3) is 0.493. The molecule has 2 atom stereocenters. The van der Waals surface area contributed by atoms with Crippen molar-refractivity contribution in [1.82, 2.24) is 23.5 Å². The summed E-state index contributed by atoms with van der Waals surface area (Å²) in [6, 6.07) is 0.104. The van der Waals surface area contributed by atoms with Gasteiger partial charge in [0.2, 0.25) is 21.7 Å². The molecule has 0 aliphatic carbocycles. The number of ether oxygens (including phenoxy) is 8. The van der Waals surface area contributed by atoms with Crippen LogP contribution in [0.5, 0.6) is 0 Å². The predicted molar refractivity (Wildman–Crippen MR) is 387 cm³/mol. The van der Waals surface area contributed by atoms with E-state index in [0.29, 0.717) is 86.7 Å². The number of halogens is 6. The number of esters is 5. The lowest BCUT2D eigenvalue weighted by atomic mass is 10.1. The average molecular weight is 1680 g/mol. The zero-order valence-electron chi connectivity index (χ0n) is 62.5. The molecule has 0 unspecified atom stereocenters. The lowest BCUT2D eigenvalue weighted by Gasteiger charge is -2.44. The van der Waals surface area contributed by atoms with Gasteiger partial charge in [0.25, 0.3) is 5.91 Å². The van der Waals surface area contributed by atoms with Crippen LogP contribution in [0.2, 0.25) is 20.1 Å². The fourth-order valence-electron chi connectivity index (χ4n) is 8.78. The Bertz CT molecular complexity index is 4050. The highest BCUT2D eigenvalue weighted by Gasteiger charge is 2.40. The number of rotatable bonds is 25. The van der Waals surface area contributed by atoms with E-state index in [1.165, 1.54) is 37.4 Å². The molecular weight excluding hydrogens is 1590 g/mol. The Labute approximate surface area is 660 Å². The number of Topliss-reactive ketones (excluding diaryl/α,β-unsaturated/α-hetero) is 2. The third-order valence-corrected chi connectivity index (χ3v) is 15.5. The minimum Gasteiger partial charge on any atom is -0.467 e. The molecule has 0 bridgehead atoms. The first kappa shape index (κ1) is 107. The second-order valence-corrected chi connectivity index (χ2v) is 22.7. The minimum absolute atomic E-state index is 0.0214. The highest BCUT2D eigenvalue weighted by molar-refractivity contribution is 6.35. The Hall–Kier alpha value is -9.69. The van der Waals surface area contributed by atoms with Crippen LogP contribution in [0.1, 0.15) is 146 Å². The van der Waals surface area contributed by atoms with Crippen LogP contribution in [-0.2, 0) is 146 Å². The Balaban J connectivity index is -0.000000601. The molecule has 110 heavy (non-hydrogen) atoms. The number of pyridine rings is 3. The molecule has 0 spiro atoms. The van der Waals surface area contributed by atoms with Crippen molar-refractivity contribution in [2.45, 2.75) is 146 Å². The third-order valence-electron chi connectivity index (χ3n) is 13.5. The van der Waals surface area contributed by atoms with Crippen LogP contribution >= 0.6 is 69.6 Å². The van der Waals surface area contributed by atoms with Gasteiger partial charge in [0.1, 0.15) is 72.8 Å². The van der Waals surface area contributed by atoms with Gasteiger partial charge in [0.15, 0.2) is 24.1 Å². The van der Waals surface area contributed by atoms with Crippen molar-refractivity contribution in [3.8, 4) is 0 Å². The number of ketones is 2. The summed E-state index contributed by atoms with van der Waals surface area (Å²) in [4.78, 5) is 217. The van der Waals surface area contributed by atoms with E-state index in [9.17, 15) is 62.3 Å². The van der Waals surface area contributed by atoms with Crippen LogP contribution in [0.15, 0.2) is 60.2 Å². The zero-order valence-corrected chi connectivity index (χ0v) is 67.0. The number of hydrogen-bond donors (Lipinski definition) is 0. The van der Waals surface area contributed by atoms with Gasteiger partial charge in [0.05, 0.1) is 71.0 Å². The molecule has 1 saturated heterocycles. The van der Waals surface area contributed by atoms with Crippen molar-refractivity contribution < 1.29 is 124 Å². The van der Waals surface area contributed by atoms with Crippen molar-refractivity contribution in [3.05, 3.63) is 143 Å². The van der Waals surface area contributed by atoms with Crippen LogP contribution in [0, 0.1) is 0 Å². The highest BCUT2D eigenvalue weighted by Crippen LogP contribution is 2.29. The maximum absolute atomic E-state index is 12.6. The summed E-state index contributed by atoms with van der Waals surface area (Å²) in [5.41, 5.74) is -0.224. The first-order valence-corrected chi connectivity index (χ1v) is 35.0.